The standard InChI is InChI=1S/C18H22N2O3S/c1-13(17(19)15-6-4-3-5-7-15)18(21)20-12-14-8-10-16(11-9-14)24(2,22)23/h3-11,13,17H,12,19H2,1-2H3,(H,20,21). The molecule has 2 unspecified atom stereocenters. The first-order valence-electron chi connectivity index (χ1n) is 7.66. The zero-order chi connectivity index (χ0) is 17.7. The van der Waals surface area contributed by atoms with Crippen molar-refractivity contribution in [3.8, 4) is 0 Å². The number of nitrogens with two attached hydrogens (primary N) is 1. The van der Waals surface area contributed by atoms with Gasteiger partial charge in [-0.2, -0.15) is 0 Å². The molecule has 0 aromatic heterocycles. The van der Waals surface area contributed by atoms with E-state index in [4.69, 9.17) is 5.73 Å². The molecule has 0 aliphatic carbocycles. The number of hydrogen-bond donors (Lipinski definition) is 2. The topological polar surface area (TPSA) is 89.3 Å². The number of carbonyl (C=O) groups is 1. The second-order valence-electron chi connectivity index (χ2n) is 5.86. The fraction of sp³-hybridized carbons (Fsp3) is 0.278. The lowest BCUT2D eigenvalue weighted by atomic mass is 9.94. The summed E-state index contributed by atoms with van der Waals surface area (Å²) in [5, 5.41) is 2.84. The van der Waals surface area contributed by atoms with Crippen molar-refractivity contribution in [3.63, 3.8) is 0 Å². The van der Waals surface area contributed by atoms with Crippen LogP contribution >= 0.6 is 0 Å². The Hall–Kier alpha value is -2.18. The lowest BCUT2D eigenvalue weighted by Gasteiger charge is -2.20. The number of benzene rings is 2. The van der Waals surface area contributed by atoms with E-state index in [9.17, 15) is 13.2 Å². The zero-order valence-corrected chi connectivity index (χ0v) is 14.6. The third-order valence-corrected chi connectivity index (χ3v) is 5.08. The number of rotatable bonds is 6. The molecule has 0 spiro atoms. The Balaban J connectivity index is 1.95. The van der Waals surface area contributed by atoms with Gasteiger partial charge in [-0.05, 0) is 23.3 Å². The van der Waals surface area contributed by atoms with Gasteiger partial charge in [0.2, 0.25) is 5.91 Å². The van der Waals surface area contributed by atoms with E-state index in [2.05, 4.69) is 5.32 Å². The first kappa shape index (κ1) is 18.2. The van der Waals surface area contributed by atoms with Crippen LogP contribution in [0.15, 0.2) is 59.5 Å². The van der Waals surface area contributed by atoms with Crippen molar-refractivity contribution in [2.45, 2.75) is 24.4 Å². The first-order chi connectivity index (χ1) is 11.3. The predicted octanol–water partition coefficient (Wildman–Crippen LogP) is 2.04. The molecule has 2 aromatic carbocycles. The van der Waals surface area contributed by atoms with E-state index < -0.39 is 9.84 Å². The average Bonchev–Trinajstić information content (AvgIpc) is 2.58. The van der Waals surface area contributed by atoms with Crippen LogP contribution in [-0.2, 0) is 21.2 Å². The Morgan fingerprint density at radius 1 is 1.08 bits per heavy atom. The van der Waals surface area contributed by atoms with Crippen molar-refractivity contribution in [1.29, 1.82) is 0 Å². The van der Waals surface area contributed by atoms with Crippen molar-refractivity contribution in [1.82, 2.24) is 5.32 Å². The molecular formula is C18H22N2O3S. The van der Waals surface area contributed by atoms with Gasteiger partial charge in [0.15, 0.2) is 9.84 Å². The van der Waals surface area contributed by atoms with Crippen molar-refractivity contribution >= 4 is 15.7 Å². The Kier molecular flexibility index (Phi) is 5.75. The van der Waals surface area contributed by atoms with Gasteiger partial charge in [0.25, 0.3) is 0 Å². The molecular weight excluding hydrogens is 324 g/mol. The van der Waals surface area contributed by atoms with E-state index in [1.54, 1.807) is 19.1 Å². The highest BCUT2D eigenvalue weighted by Crippen LogP contribution is 2.19. The van der Waals surface area contributed by atoms with Crippen LogP contribution in [0.3, 0.4) is 0 Å². The van der Waals surface area contributed by atoms with Crippen LogP contribution in [0.1, 0.15) is 24.1 Å². The lowest BCUT2D eigenvalue weighted by Crippen LogP contribution is -2.35. The minimum Gasteiger partial charge on any atom is -0.352 e. The highest BCUT2D eigenvalue weighted by atomic mass is 32.2. The average molecular weight is 346 g/mol. The van der Waals surface area contributed by atoms with Gasteiger partial charge in [-0.25, -0.2) is 8.42 Å². The minimum absolute atomic E-state index is 0.140. The monoisotopic (exact) mass is 346 g/mol. The summed E-state index contributed by atoms with van der Waals surface area (Å²) in [5.74, 6) is -0.513. The molecule has 3 N–H and O–H groups in total. The van der Waals surface area contributed by atoms with Crippen LogP contribution in [0.2, 0.25) is 0 Å². The number of nitrogens with one attached hydrogen (secondary N) is 1. The van der Waals surface area contributed by atoms with Gasteiger partial charge >= 0.3 is 0 Å². The van der Waals surface area contributed by atoms with E-state index in [1.807, 2.05) is 30.3 Å². The van der Waals surface area contributed by atoms with Gasteiger partial charge in [0.05, 0.1) is 10.8 Å². The molecule has 128 valence electrons. The molecule has 0 saturated carbocycles. The summed E-state index contributed by atoms with van der Waals surface area (Å²) < 4.78 is 22.9. The number of hydrogen-bond acceptors (Lipinski definition) is 4. The summed E-state index contributed by atoms with van der Waals surface area (Å²) >= 11 is 0. The predicted molar refractivity (Wildman–Crippen MR) is 93.9 cm³/mol. The molecule has 0 bridgehead atoms. The van der Waals surface area contributed by atoms with Crippen molar-refractivity contribution in [3.05, 3.63) is 65.7 Å². The third kappa shape index (κ3) is 4.66. The SMILES string of the molecule is CC(C(=O)NCc1ccc(S(C)(=O)=O)cc1)C(N)c1ccccc1. The molecule has 2 rings (SSSR count). The van der Waals surface area contributed by atoms with E-state index in [1.165, 1.54) is 12.1 Å². The maximum Gasteiger partial charge on any atom is 0.225 e. The zero-order valence-electron chi connectivity index (χ0n) is 13.8. The Labute approximate surface area is 142 Å². The summed E-state index contributed by atoms with van der Waals surface area (Å²) in [5.41, 5.74) is 7.89. The summed E-state index contributed by atoms with van der Waals surface area (Å²) in [6.45, 7) is 2.12. The second kappa shape index (κ2) is 7.59. The van der Waals surface area contributed by atoms with Crippen LogP contribution in [0, 0.1) is 5.92 Å². The first-order valence-corrected chi connectivity index (χ1v) is 9.55. The molecule has 0 aliphatic rings. The van der Waals surface area contributed by atoms with Crippen LogP contribution in [0.4, 0.5) is 0 Å². The van der Waals surface area contributed by atoms with Gasteiger partial charge in [-0.3, -0.25) is 4.79 Å². The highest BCUT2D eigenvalue weighted by molar-refractivity contribution is 7.90. The lowest BCUT2D eigenvalue weighted by molar-refractivity contribution is -0.125. The summed E-state index contributed by atoms with van der Waals surface area (Å²) in [7, 11) is -3.21. The largest absolute Gasteiger partial charge is 0.352 e. The Morgan fingerprint density at radius 3 is 2.21 bits per heavy atom. The fourth-order valence-corrected chi connectivity index (χ4v) is 2.96. The van der Waals surface area contributed by atoms with Crippen molar-refractivity contribution < 1.29 is 13.2 Å². The third-order valence-electron chi connectivity index (χ3n) is 3.95. The van der Waals surface area contributed by atoms with E-state index in [-0.39, 0.29) is 22.8 Å². The smallest absolute Gasteiger partial charge is 0.225 e. The van der Waals surface area contributed by atoms with Gasteiger partial charge in [0.1, 0.15) is 0 Å². The van der Waals surface area contributed by atoms with Gasteiger partial charge in [0, 0.05) is 18.8 Å². The number of amides is 1. The van der Waals surface area contributed by atoms with E-state index >= 15 is 0 Å². The highest BCUT2D eigenvalue weighted by Gasteiger charge is 2.21. The van der Waals surface area contributed by atoms with Crippen molar-refractivity contribution in [2.75, 3.05) is 6.26 Å². The van der Waals surface area contributed by atoms with Crippen LogP contribution < -0.4 is 11.1 Å². The molecule has 0 saturated heterocycles. The van der Waals surface area contributed by atoms with Crippen molar-refractivity contribution in [2.24, 2.45) is 11.7 Å². The molecule has 6 heteroatoms. The van der Waals surface area contributed by atoms with Crippen LogP contribution in [0.25, 0.3) is 0 Å². The molecule has 0 radical (unpaired) electrons. The normalized spacial score (nSPS) is 14.0. The fourth-order valence-electron chi connectivity index (χ4n) is 2.33. The maximum atomic E-state index is 12.3. The quantitative estimate of drug-likeness (QED) is 0.838. The molecule has 2 atom stereocenters. The molecule has 2 aromatic rings. The molecule has 0 fully saturated rings. The maximum absolute atomic E-state index is 12.3. The summed E-state index contributed by atoms with van der Waals surface area (Å²) in [6.07, 6.45) is 1.16. The minimum atomic E-state index is -3.21. The molecule has 24 heavy (non-hydrogen) atoms. The summed E-state index contributed by atoms with van der Waals surface area (Å²) in [6, 6.07) is 15.6. The molecule has 1 amide bonds. The number of carbonyl (C=O) groups excluding carboxylic acids is 1. The summed E-state index contributed by atoms with van der Waals surface area (Å²) in [4.78, 5) is 12.5. The van der Waals surface area contributed by atoms with Gasteiger partial charge < -0.3 is 11.1 Å². The molecule has 0 aliphatic heterocycles. The second-order valence-corrected chi connectivity index (χ2v) is 7.87. The van der Waals surface area contributed by atoms with Crippen LogP contribution in [-0.4, -0.2) is 20.6 Å². The van der Waals surface area contributed by atoms with Crippen LogP contribution in [0.5, 0.6) is 0 Å². The number of sulfone groups is 1. The molecule has 0 heterocycles. The molecule has 5 nitrogen and oxygen atoms in total. The Bertz CT molecular complexity index is 787. The van der Waals surface area contributed by atoms with E-state index in [0.29, 0.717) is 6.54 Å². The van der Waals surface area contributed by atoms with Gasteiger partial charge in [-0.15, -0.1) is 0 Å². The Morgan fingerprint density at radius 2 is 1.67 bits per heavy atom. The van der Waals surface area contributed by atoms with E-state index in [0.717, 1.165) is 17.4 Å². The van der Waals surface area contributed by atoms with Gasteiger partial charge in [-0.1, -0.05) is 49.4 Å².